The van der Waals surface area contributed by atoms with Crippen LogP contribution in [0.2, 0.25) is 0 Å². The second-order valence-corrected chi connectivity index (χ2v) is 6.92. The lowest BCUT2D eigenvalue weighted by Crippen LogP contribution is -2.21. The van der Waals surface area contributed by atoms with Gasteiger partial charge in [0, 0.05) is 0 Å². The number of anilines is 1. The summed E-state index contributed by atoms with van der Waals surface area (Å²) in [4.78, 5) is 3.45. The Morgan fingerprint density at radius 3 is 2.53 bits per heavy atom. The molecule has 96 valence electrons. The van der Waals surface area contributed by atoms with E-state index >= 15 is 0 Å². The Morgan fingerprint density at radius 1 is 1.35 bits per heavy atom. The van der Waals surface area contributed by atoms with E-state index in [9.17, 15) is 12.8 Å². The zero-order chi connectivity index (χ0) is 13.1. The Labute approximate surface area is 101 Å². The van der Waals surface area contributed by atoms with Crippen molar-refractivity contribution in [3.8, 4) is 0 Å². The first-order valence-corrected chi connectivity index (χ1v) is 6.96. The normalized spacial score (nSPS) is 12.5. The average molecular weight is 260 g/mol. The van der Waals surface area contributed by atoms with Crippen LogP contribution >= 0.6 is 0 Å². The van der Waals surface area contributed by atoms with E-state index in [0.717, 1.165) is 6.07 Å². The molecule has 0 atom stereocenters. The largest absolute Gasteiger partial charge is 0.267 e. The molecule has 0 fully saturated rings. The van der Waals surface area contributed by atoms with Crippen molar-refractivity contribution in [1.82, 2.24) is 4.98 Å². The van der Waals surface area contributed by atoms with Crippen molar-refractivity contribution in [2.24, 2.45) is 5.41 Å². The summed E-state index contributed by atoms with van der Waals surface area (Å²) >= 11 is 0. The van der Waals surface area contributed by atoms with Gasteiger partial charge in [0.15, 0.2) is 0 Å². The van der Waals surface area contributed by atoms with Gasteiger partial charge < -0.3 is 0 Å². The minimum absolute atomic E-state index is 0.00526. The smallest absolute Gasteiger partial charge is 0.233 e. The van der Waals surface area contributed by atoms with Crippen LogP contribution in [0.4, 0.5) is 10.2 Å². The third-order valence-electron chi connectivity index (χ3n) is 2.10. The van der Waals surface area contributed by atoms with Gasteiger partial charge in [0.25, 0.3) is 0 Å². The second kappa shape index (κ2) is 5.00. The van der Waals surface area contributed by atoms with Gasteiger partial charge in [-0.1, -0.05) is 26.8 Å². The van der Waals surface area contributed by atoms with E-state index in [-0.39, 0.29) is 17.0 Å². The Kier molecular flexibility index (Phi) is 4.08. The molecule has 0 saturated carbocycles. The first-order valence-electron chi connectivity index (χ1n) is 5.31. The number of hydrogen-bond acceptors (Lipinski definition) is 3. The highest BCUT2D eigenvalue weighted by Gasteiger charge is 2.17. The molecule has 0 amide bonds. The summed E-state index contributed by atoms with van der Waals surface area (Å²) in [5.41, 5.74) is -0.0654. The van der Waals surface area contributed by atoms with Crippen LogP contribution in [0.5, 0.6) is 0 Å². The van der Waals surface area contributed by atoms with Crippen LogP contribution in [0.3, 0.4) is 0 Å². The highest BCUT2D eigenvalue weighted by molar-refractivity contribution is 7.92. The lowest BCUT2D eigenvalue weighted by Gasteiger charge is -2.17. The Hall–Kier alpha value is -1.17. The fraction of sp³-hybridized carbons (Fsp3) is 0.545. The molecular formula is C11H17FN2O2S. The summed E-state index contributed by atoms with van der Waals surface area (Å²) in [6.07, 6.45) is 0.525. The maximum Gasteiger partial charge on any atom is 0.233 e. The first kappa shape index (κ1) is 13.9. The van der Waals surface area contributed by atoms with Crippen molar-refractivity contribution < 1.29 is 12.8 Å². The number of aromatic nitrogens is 1. The SMILES string of the molecule is CC(C)(C)CCS(=O)(=O)Nc1cccc(F)n1. The van der Waals surface area contributed by atoms with E-state index in [4.69, 9.17) is 0 Å². The van der Waals surface area contributed by atoms with Crippen molar-refractivity contribution in [2.45, 2.75) is 27.2 Å². The van der Waals surface area contributed by atoms with Crippen molar-refractivity contribution in [3.05, 3.63) is 24.1 Å². The molecule has 0 aliphatic rings. The number of nitrogens with zero attached hydrogens (tertiary/aromatic N) is 1. The molecule has 0 aliphatic heterocycles. The van der Waals surface area contributed by atoms with Crippen LogP contribution in [-0.4, -0.2) is 19.2 Å². The predicted molar refractivity (Wildman–Crippen MR) is 65.7 cm³/mol. The maximum absolute atomic E-state index is 12.8. The quantitative estimate of drug-likeness (QED) is 0.846. The first-order chi connectivity index (χ1) is 7.68. The number of pyridine rings is 1. The zero-order valence-electron chi connectivity index (χ0n) is 10.2. The van der Waals surface area contributed by atoms with E-state index in [0.29, 0.717) is 6.42 Å². The Bertz CT molecular complexity index is 480. The van der Waals surface area contributed by atoms with E-state index in [1.165, 1.54) is 12.1 Å². The predicted octanol–water partition coefficient (Wildman–Crippen LogP) is 2.40. The summed E-state index contributed by atoms with van der Waals surface area (Å²) in [5, 5.41) is 0. The van der Waals surface area contributed by atoms with Crippen molar-refractivity contribution in [2.75, 3.05) is 10.5 Å². The number of halogens is 1. The number of hydrogen-bond donors (Lipinski definition) is 1. The molecule has 0 aliphatic carbocycles. The molecule has 1 aromatic rings. The molecule has 0 spiro atoms. The molecule has 1 aromatic heterocycles. The van der Waals surface area contributed by atoms with Crippen molar-refractivity contribution in [1.29, 1.82) is 0 Å². The van der Waals surface area contributed by atoms with Crippen LogP contribution in [0.1, 0.15) is 27.2 Å². The highest BCUT2D eigenvalue weighted by atomic mass is 32.2. The lowest BCUT2D eigenvalue weighted by molar-refractivity contribution is 0.397. The zero-order valence-corrected chi connectivity index (χ0v) is 11.0. The van der Waals surface area contributed by atoms with Crippen LogP contribution < -0.4 is 4.72 Å². The molecule has 0 saturated heterocycles. The molecule has 0 radical (unpaired) electrons. The van der Waals surface area contributed by atoms with Crippen LogP contribution in [0.15, 0.2) is 18.2 Å². The molecule has 1 N–H and O–H groups in total. The summed E-state index contributed by atoms with van der Waals surface area (Å²) in [6.45, 7) is 5.88. The van der Waals surface area contributed by atoms with Gasteiger partial charge in [0.05, 0.1) is 5.75 Å². The highest BCUT2D eigenvalue weighted by Crippen LogP contribution is 2.19. The lowest BCUT2D eigenvalue weighted by atomic mass is 9.94. The van der Waals surface area contributed by atoms with Gasteiger partial charge in [0.1, 0.15) is 5.82 Å². The molecular weight excluding hydrogens is 243 g/mol. The second-order valence-electron chi connectivity index (χ2n) is 5.08. The molecule has 0 bridgehead atoms. The Morgan fingerprint density at radius 2 is 2.00 bits per heavy atom. The van der Waals surface area contributed by atoms with Gasteiger partial charge in [0.2, 0.25) is 16.0 Å². The third-order valence-corrected chi connectivity index (χ3v) is 3.36. The number of nitrogens with one attached hydrogen (secondary N) is 1. The summed E-state index contributed by atoms with van der Waals surface area (Å²) in [6, 6.07) is 3.98. The van der Waals surface area contributed by atoms with E-state index < -0.39 is 16.0 Å². The van der Waals surface area contributed by atoms with Gasteiger partial charge in [-0.3, -0.25) is 4.72 Å². The number of sulfonamides is 1. The summed E-state index contributed by atoms with van der Waals surface area (Å²) in [5.74, 6) is -0.700. The van der Waals surface area contributed by atoms with Crippen molar-refractivity contribution in [3.63, 3.8) is 0 Å². The number of rotatable bonds is 4. The van der Waals surface area contributed by atoms with Gasteiger partial charge in [-0.2, -0.15) is 4.39 Å². The maximum atomic E-state index is 12.8. The third kappa shape index (κ3) is 5.63. The minimum atomic E-state index is -3.46. The molecule has 6 heteroatoms. The molecule has 17 heavy (non-hydrogen) atoms. The van der Waals surface area contributed by atoms with Crippen LogP contribution in [0, 0.1) is 11.4 Å². The van der Waals surface area contributed by atoms with Crippen LogP contribution in [0.25, 0.3) is 0 Å². The average Bonchev–Trinajstić information content (AvgIpc) is 2.13. The van der Waals surface area contributed by atoms with E-state index in [1.807, 2.05) is 20.8 Å². The molecule has 0 aromatic carbocycles. The molecule has 0 unspecified atom stereocenters. The van der Waals surface area contributed by atoms with Gasteiger partial charge in [-0.25, -0.2) is 13.4 Å². The Balaban J connectivity index is 2.67. The molecule has 1 rings (SSSR count). The standard InChI is InChI=1S/C11H17FN2O2S/c1-11(2,3)7-8-17(15,16)14-10-6-4-5-9(12)13-10/h4-6H,7-8H2,1-3H3,(H,13,14). The van der Waals surface area contributed by atoms with E-state index in [2.05, 4.69) is 9.71 Å². The minimum Gasteiger partial charge on any atom is -0.267 e. The molecule has 1 heterocycles. The fourth-order valence-corrected chi connectivity index (χ4v) is 2.53. The van der Waals surface area contributed by atoms with Gasteiger partial charge >= 0.3 is 0 Å². The monoisotopic (exact) mass is 260 g/mol. The summed E-state index contributed by atoms with van der Waals surface area (Å²) in [7, 11) is -3.46. The van der Waals surface area contributed by atoms with E-state index in [1.54, 1.807) is 0 Å². The molecule has 4 nitrogen and oxygen atoms in total. The van der Waals surface area contributed by atoms with Gasteiger partial charge in [-0.05, 0) is 24.0 Å². The van der Waals surface area contributed by atoms with Crippen LogP contribution in [-0.2, 0) is 10.0 Å². The van der Waals surface area contributed by atoms with Gasteiger partial charge in [-0.15, -0.1) is 0 Å². The topological polar surface area (TPSA) is 59.1 Å². The summed E-state index contributed by atoms with van der Waals surface area (Å²) < 4.78 is 38.4. The fourth-order valence-electron chi connectivity index (χ4n) is 1.12. The van der Waals surface area contributed by atoms with Crippen molar-refractivity contribution >= 4 is 15.8 Å².